The van der Waals surface area contributed by atoms with Crippen LogP contribution >= 0.6 is 0 Å². The molecule has 0 bridgehead atoms. The van der Waals surface area contributed by atoms with E-state index in [-0.39, 0.29) is 31.2 Å². The number of amides is 3. The van der Waals surface area contributed by atoms with Crippen molar-refractivity contribution in [1.82, 2.24) is 20.4 Å². The van der Waals surface area contributed by atoms with Crippen molar-refractivity contribution < 1.29 is 33.6 Å². The van der Waals surface area contributed by atoms with E-state index in [1.165, 1.54) is 36.3 Å². The Labute approximate surface area is 265 Å². The summed E-state index contributed by atoms with van der Waals surface area (Å²) in [5.74, 6) is -1.23. The highest BCUT2D eigenvalue weighted by atomic mass is 19.1. The minimum absolute atomic E-state index is 0.0281. The Bertz CT molecular complexity index is 1260. The predicted molar refractivity (Wildman–Crippen MR) is 169 cm³/mol. The first kappa shape index (κ1) is 34.4. The van der Waals surface area contributed by atoms with E-state index < -0.39 is 43.8 Å². The third kappa shape index (κ3) is 10.3. The van der Waals surface area contributed by atoms with Crippen LogP contribution < -0.4 is 10.6 Å². The lowest BCUT2D eigenvalue weighted by molar-refractivity contribution is -0.140. The van der Waals surface area contributed by atoms with Crippen LogP contribution in [0.25, 0.3) is 0 Å². The van der Waals surface area contributed by atoms with Crippen LogP contribution in [0.3, 0.4) is 0 Å². The van der Waals surface area contributed by atoms with Crippen molar-refractivity contribution in [1.29, 1.82) is 0 Å². The van der Waals surface area contributed by atoms with Gasteiger partial charge in [0.2, 0.25) is 11.8 Å². The van der Waals surface area contributed by atoms with Gasteiger partial charge in [0.15, 0.2) is 0 Å². The molecule has 244 valence electrons. The molecule has 0 saturated carbocycles. The molecule has 4 rings (SSSR count). The van der Waals surface area contributed by atoms with Crippen molar-refractivity contribution in [3.63, 3.8) is 0 Å². The normalized spacial score (nSPS) is 18.0. The number of halogens is 1. The fraction of sp³-hybridized carbons (Fsp3) is 0.545. The van der Waals surface area contributed by atoms with Gasteiger partial charge in [-0.15, -0.1) is 0 Å². The molecule has 4 N–H and O–H groups in total. The number of benzene rings is 2. The maximum absolute atomic E-state index is 14.1. The molecular weight excluding hydrogens is 578 g/mol. The zero-order valence-corrected chi connectivity index (χ0v) is 26.1. The summed E-state index contributed by atoms with van der Waals surface area (Å²) in [6.07, 6.45) is 6.52. The smallest absolute Gasteiger partial charge is 0.444 e. The summed E-state index contributed by atoms with van der Waals surface area (Å²) in [6, 6.07) is 12.4. The van der Waals surface area contributed by atoms with Crippen LogP contribution in [-0.2, 0) is 34.0 Å². The number of hydrogen-bond acceptors (Lipinski definition) is 7. The number of unbranched alkanes of at least 4 members (excludes halogenated alkanes) is 6. The van der Waals surface area contributed by atoms with E-state index in [9.17, 15) is 28.8 Å². The van der Waals surface area contributed by atoms with Gasteiger partial charge in [-0.2, -0.15) is 0 Å². The second kappa shape index (κ2) is 17.3. The summed E-state index contributed by atoms with van der Waals surface area (Å²) < 4.78 is 19.7. The summed E-state index contributed by atoms with van der Waals surface area (Å²) >= 11 is 0. The van der Waals surface area contributed by atoms with Crippen LogP contribution in [0.1, 0.15) is 81.4 Å². The maximum atomic E-state index is 14.1. The van der Waals surface area contributed by atoms with Gasteiger partial charge in [0.25, 0.3) is 0 Å². The Morgan fingerprint density at radius 1 is 1.00 bits per heavy atom. The summed E-state index contributed by atoms with van der Waals surface area (Å²) in [5, 5.41) is 24.4. The van der Waals surface area contributed by atoms with Crippen molar-refractivity contribution in [3.05, 3.63) is 71.0 Å². The first-order chi connectivity index (χ1) is 21.7. The molecule has 2 aromatic rings. The number of nitrogens with zero attached hydrogens (tertiary/aromatic N) is 2. The molecule has 2 heterocycles. The van der Waals surface area contributed by atoms with Gasteiger partial charge < -0.3 is 30.3 Å². The van der Waals surface area contributed by atoms with Crippen LogP contribution in [0.2, 0.25) is 0 Å². The molecule has 10 nitrogen and oxygen atoms in total. The molecule has 0 spiro atoms. The Morgan fingerprint density at radius 2 is 1.69 bits per heavy atom. The van der Waals surface area contributed by atoms with Gasteiger partial charge in [0.05, 0.1) is 19.0 Å². The molecule has 0 unspecified atom stereocenters. The molecule has 45 heavy (non-hydrogen) atoms. The van der Waals surface area contributed by atoms with E-state index in [2.05, 4.69) is 17.6 Å². The lowest BCUT2D eigenvalue weighted by Gasteiger charge is -2.29. The molecule has 2 aromatic carbocycles. The summed E-state index contributed by atoms with van der Waals surface area (Å²) in [4.78, 5) is 43.4. The van der Waals surface area contributed by atoms with Gasteiger partial charge in [-0.1, -0.05) is 88.3 Å². The summed E-state index contributed by atoms with van der Waals surface area (Å²) in [5.41, 5.74) is 2.79. The lowest BCUT2D eigenvalue weighted by Crippen LogP contribution is -2.53. The van der Waals surface area contributed by atoms with Gasteiger partial charge in [0.1, 0.15) is 18.0 Å². The minimum Gasteiger partial charge on any atom is -0.444 e. The summed E-state index contributed by atoms with van der Waals surface area (Å²) in [6.45, 7) is 3.32. The van der Waals surface area contributed by atoms with E-state index in [0.29, 0.717) is 25.1 Å². The van der Waals surface area contributed by atoms with Gasteiger partial charge in [0, 0.05) is 26.1 Å². The fourth-order valence-electron chi connectivity index (χ4n) is 6.07. The van der Waals surface area contributed by atoms with Crippen molar-refractivity contribution in [2.24, 2.45) is 0 Å². The molecule has 1 saturated heterocycles. The van der Waals surface area contributed by atoms with Crippen molar-refractivity contribution in [2.45, 2.75) is 103 Å². The molecule has 0 aliphatic carbocycles. The number of carbonyl (C=O) groups is 3. The number of ether oxygens (including phenoxy) is 1. The largest absolute Gasteiger partial charge is 0.472 e. The topological polar surface area (TPSA) is 131 Å². The lowest BCUT2D eigenvalue weighted by atomic mass is 9.92. The average molecular weight is 625 g/mol. The first-order valence-electron chi connectivity index (χ1n) is 16.2. The number of likely N-dealkylation sites (tertiary alicyclic amines) is 1. The van der Waals surface area contributed by atoms with E-state index >= 15 is 0 Å². The molecule has 0 radical (unpaired) electrons. The number of fused-ring (bicyclic) bond motifs is 1. The van der Waals surface area contributed by atoms with Crippen LogP contribution in [-0.4, -0.2) is 76.1 Å². The highest BCUT2D eigenvalue weighted by molar-refractivity contribution is 6.41. The van der Waals surface area contributed by atoms with Gasteiger partial charge in [-0.05, 0) is 35.2 Å². The zero-order chi connectivity index (χ0) is 32.2. The standard InChI is InChI=1S/C33H46BFN4O6/c1-2-3-4-5-6-7-8-16-29(36-19-24-12-11-15-27(35)17-24)32(41)39-22-28(18-30(39)31(40)37-23-34(43)44)45-33(42)38-20-25-13-9-10-14-26(25)21-38/h9-15,17,28-30,36,43-44H,2-8,16,18-23H2,1H3,(H,37,40)/t28-,29+,30+/m1/s1. The maximum Gasteiger partial charge on any atom is 0.472 e. The third-order valence-electron chi connectivity index (χ3n) is 8.51. The highest BCUT2D eigenvalue weighted by Crippen LogP contribution is 2.27. The second-order valence-corrected chi connectivity index (χ2v) is 12.1. The van der Waals surface area contributed by atoms with E-state index in [0.717, 1.165) is 36.8 Å². The number of hydrogen-bond donors (Lipinski definition) is 4. The highest BCUT2D eigenvalue weighted by Gasteiger charge is 2.43. The van der Waals surface area contributed by atoms with Crippen molar-refractivity contribution >= 4 is 25.0 Å². The Morgan fingerprint density at radius 3 is 2.36 bits per heavy atom. The Kier molecular flexibility index (Phi) is 13.2. The Hall–Kier alpha value is -3.48. The first-order valence-corrected chi connectivity index (χ1v) is 16.2. The predicted octanol–water partition coefficient (Wildman–Crippen LogP) is 3.67. The van der Waals surface area contributed by atoms with Gasteiger partial charge >= 0.3 is 13.2 Å². The van der Waals surface area contributed by atoms with E-state index in [1.807, 2.05) is 24.3 Å². The van der Waals surface area contributed by atoms with Crippen molar-refractivity contribution in [3.8, 4) is 0 Å². The van der Waals surface area contributed by atoms with Crippen LogP contribution in [0.5, 0.6) is 0 Å². The van der Waals surface area contributed by atoms with Crippen LogP contribution in [0.4, 0.5) is 9.18 Å². The Balaban J connectivity index is 1.44. The van der Waals surface area contributed by atoms with Crippen LogP contribution in [0.15, 0.2) is 48.5 Å². The van der Waals surface area contributed by atoms with Gasteiger partial charge in [-0.25, -0.2) is 9.18 Å². The van der Waals surface area contributed by atoms with Gasteiger partial charge in [-0.3, -0.25) is 14.5 Å². The quantitative estimate of drug-likeness (QED) is 0.166. The second-order valence-electron chi connectivity index (χ2n) is 12.1. The van der Waals surface area contributed by atoms with Crippen molar-refractivity contribution in [2.75, 3.05) is 13.0 Å². The number of carbonyl (C=O) groups excluding carboxylic acids is 3. The third-order valence-corrected chi connectivity index (χ3v) is 8.51. The monoisotopic (exact) mass is 624 g/mol. The van der Waals surface area contributed by atoms with Crippen LogP contribution in [0, 0.1) is 5.82 Å². The van der Waals surface area contributed by atoms with E-state index in [4.69, 9.17) is 4.74 Å². The molecule has 1 fully saturated rings. The fourth-order valence-corrected chi connectivity index (χ4v) is 6.07. The zero-order valence-electron chi connectivity index (χ0n) is 26.1. The molecule has 2 aliphatic heterocycles. The molecule has 2 aliphatic rings. The molecular formula is C33H46BFN4O6. The minimum atomic E-state index is -1.75. The number of nitrogens with one attached hydrogen (secondary N) is 2. The van der Waals surface area contributed by atoms with E-state index in [1.54, 1.807) is 17.0 Å². The summed E-state index contributed by atoms with van der Waals surface area (Å²) in [7, 11) is -1.75. The molecule has 12 heteroatoms. The molecule has 3 atom stereocenters. The SMILES string of the molecule is CCCCCCCCC[C@H](NCc1cccc(F)c1)C(=O)N1C[C@H](OC(=O)N2Cc3ccccc3C2)C[C@H]1C(=O)NCB(O)O. The number of rotatable bonds is 16. The average Bonchev–Trinajstić information content (AvgIpc) is 3.65. The molecule has 0 aromatic heterocycles. The molecule has 3 amide bonds.